The second-order valence-corrected chi connectivity index (χ2v) is 7.35. The summed E-state index contributed by atoms with van der Waals surface area (Å²) in [6, 6.07) is 10.1. The Labute approximate surface area is 121 Å². The highest BCUT2D eigenvalue weighted by molar-refractivity contribution is 5.34. The normalized spacial score (nSPS) is 37.9. The molecule has 2 aliphatic carbocycles. The summed E-state index contributed by atoms with van der Waals surface area (Å²) >= 11 is 0. The van der Waals surface area contributed by atoms with Gasteiger partial charge in [0.05, 0.1) is 6.10 Å². The Kier molecular flexibility index (Phi) is 2.94. The molecular weight excluding hydrogens is 246 g/mol. The Morgan fingerprint density at radius 2 is 2.05 bits per heavy atom. The fraction of sp³-hybridized carbons (Fsp3) is 0.667. The number of fused-ring (bicyclic) bond motifs is 2. The van der Waals surface area contributed by atoms with E-state index in [9.17, 15) is 0 Å². The summed E-state index contributed by atoms with van der Waals surface area (Å²) in [4.78, 5) is 0. The molecule has 0 bridgehead atoms. The van der Waals surface area contributed by atoms with Crippen molar-refractivity contribution in [3.05, 3.63) is 35.4 Å². The zero-order valence-corrected chi connectivity index (χ0v) is 12.6. The van der Waals surface area contributed by atoms with E-state index in [2.05, 4.69) is 43.4 Å². The van der Waals surface area contributed by atoms with Gasteiger partial charge < -0.3 is 10.1 Å². The molecule has 0 amide bonds. The summed E-state index contributed by atoms with van der Waals surface area (Å²) in [6.45, 7) is 5.71. The molecule has 4 rings (SSSR count). The van der Waals surface area contributed by atoms with Crippen molar-refractivity contribution in [1.29, 1.82) is 0 Å². The van der Waals surface area contributed by atoms with Crippen LogP contribution in [0.2, 0.25) is 0 Å². The van der Waals surface area contributed by atoms with Crippen molar-refractivity contribution in [2.24, 2.45) is 11.3 Å². The molecule has 1 saturated heterocycles. The van der Waals surface area contributed by atoms with Gasteiger partial charge in [0, 0.05) is 30.0 Å². The highest BCUT2D eigenvalue weighted by Crippen LogP contribution is 2.52. The fourth-order valence-electron chi connectivity index (χ4n) is 4.81. The van der Waals surface area contributed by atoms with Crippen LogP contribution in [-0.2, 0) is 11.2 Å². The van der Waals surface area contributed by atoms with Gasteiger partial charge in [-0.15, -0.1) is 0 Å². The predicted molar refractivity (Wildman–Crippen MR) is 80.7 cm³/mol. The van der Waals surface area contributed by atoms with Gasteiger partial charge in [-0.3, -0.25) is 0 Å². The first-order valence-corrected chi connectivity index (χ1v) is 8.13. The lowest BCUT2D eigenvalue weighted by atomic mass is 9.55. The Morgan fingerprint density at radius 3 is 2.95 bits per heavy atom. The Hall–Kier alpha value is -0.860. The van der Waals surface area contributed by atoms with E-state index in [1.165, 1.54) is 31.2 Å². The molecule has 20 heavy (non-hydrogen) atoms. The highest BCUT2D eigenvalue weighted by Gasteiger charge is 2.58. The van der Waals surface area contributed by atoms with Crippen LogP contribution in [0.3, 0.4) is 0 Å². The number of benzene rings is 1. The molecule has 2 heteroatoms. The fourth-order valence-corrected chi connectivity index (χ4v) is 4.81. The maximum Gasteiger partial charge on any atom is 0.0684 e. The van der Waals surface area contributed by atoms with Crippen molar-refractivity contribution in [3.8, 4) is 0 Å². The molecule has 1 N–H and O–H groups in total. The summed E-state index contributed by atoms with van der Waals surface area (Å²) in [5.41, 5.74) is 3.35. The second kappa shape index (κ2) is 4.57. The van der Waals surface area contributed by atoms with Crippen molar-refractivity contribution >= 4 is 0 Å². The van der Waals surface area contributed by atoms with Crippen molar-refractivity contribution < 1.29 is 4.74 Å². The first-order chi connectivity index (χ1) is 9.68. The lowest BCUT2D eigenvalue weighted by Crippen LogP contribution is -2.69. The summed E-state index contributed by atoms with van der Waals surface area (Å²) in [7, 11) is 0. The van der Waals surface area contributed by atoms with E-state index < -0.39 is 0 Å². The van der Waals surface area contributed by atoms with Gasteiger partial charge in [0.2, 0.25) is 0 Å². The summed E-state index contributed by atoms with van der Waals surface area (Å²) in [6.07, 6.45) is 5.53. The van der Waals surface area contributed by atoms with Crippen molar-refractivity contribution in [1.82, 2.24) is 5.32 Å². The van der Waals surface area contributed by atoms with E-state index in [0.29, 0.717) is 18.2 Å². The third kappa shape index (κ3) is 1.78. The second-order valence-electron chi connectivity index (χ2n) is 7.35. The number of aryl methyl sites for hydroxylation is 1. The lowest BCUT2D eigenvalue weighted by Gasteiger charge is -2.60. The van der Waals surface area contributed by atoms with Crippen LogP contribution in [0.5, 0.6) is 0 Å². The van der Waals surface area contributed by atoms with Crippen LogP contribution < -0.4 is 5.32 Å². The standard InChI is InChI=1S/C18H25NO/c1-18(2)16(14-8-5-11-20-17(14)18)19-15-10-9-12-6-3-4-7-13(12)15/h3-4,6-7,14-17,19H,5,8-11H2,1-2H3. The largest absolute Gasteiger partial charge is 0.377 e. The smallest absolute Gasteiger partial charge is 0.0684 e. The van der Waals surface area contributed by atoms with Gasteiger partial charge >= 0.3 is 0 Å². The zero-order chi connectivity index (χ0) is 13.7. The maximum absolute atomic E-state index is 6.02. The molecule has 0 aromatic heterocycles. The van der Waals surface area contributed by atoms with E-state index in [4.69, 9.17) is 4.74 Å². The monoisotopic (exact) mass is 271 g/mol. The van der Waals surface area contributed by atoms with Crippen molar-refractivity contribution in [3.63, 3.8) is 0 Å². The molecule has 0 radical (unpaired) electrons. The third-order valence-corrected chi connectivity index (χ3v) is 5.84. The Balaban J connectivity index is 1.52. The lowest BCUT2D eigenvalue weighted by molar-refractivity contribution is -0.194. The number of hydrogen-bond acceptors (Lipinski definition) is 2. The van der Waals surface area contributed by atoms with Gasteiger partial charge in [0.1, 0.15) is 0 Å². The molecule has 1 heterocycles. The van der Waals surface area contributed by atoms with Crippen LogP contribution in [0.15, 0.2) is 24.3 Å². The molecule has 0 spiro atoms. The number of nitrogens with one attached hydrogen (secondary N) is 1. The van der Waals surface area contributed by atoms with E-state index in [1.54, 1.807) is 5.56 Å². The summed E-state index contributed by atoms with van der Waals surface area (Å²) in [5, 5.41) is 3.98. The van der Waals surface area contributed by atoms with Gasteiger partial charge in [-0.05, 0) is 36.8 Å². The predicted octanol–water partition coefficient (Wildman–Crippen LogP) is 3.47. The van der Waals surface area contributed by atoms with Gasteiger partial charge in [-0.1, -0.05) is 38.1 Å². The molecule has 4 atom stereocenters. The minimum atomic E-state index is 0.280. The minimum absolute atomic E-state index is 0.280. The SMILES string of the molecule is CC1(C)C(NC2CCc3ccccc32)C2CCCOC21. The van der Waals surface area contributed by atoms with Crippen LogP contribution in [0, 0.1) is 11.3 Å². The topological polar surface area (TPSA) is 21.3 Å². The molecule has 1 saturated carbocycles. The first kappa shape index (κ1) is 12.8. The van der Waals surface area contributed by atoms with Crippen molar-refractivity contribution in [2.45, 2.75) is 57.7 Å². The van der Waals surface area contributed by atoms with E-state index in [1.807, 2.05) is 0 Å². The van der Waals surface area contributed by atoms with E-state index >= 15 is 0 Å². The minimum Gasteiger partial charge on any atom is -0.377 e. The molecule has 4 unspecified atom stereocenters. The molecule has 1 aliphatic heterocycles. The summed E-state index contributed by atoms with van der Waals surface area (Å²) in [5.74, 6) is 0.728. The molecule has 108 valence electrons. The quantitative estimate of drug-likeness (QED) is 0.889. The Bertz CT molecular complexity index is 510. The molecule has 1 aromatic rings. The molecule has 3 aliphatic rings. The average Bonchev–Trinajstić information content (AvgIpc) is 2.88. The number of ether oxygens (including phenoxy) is 1. The number of rotatable bonds is 2. The van der Waals surface area contributed by atoms with Gasteiger partial charge in [0.15, 0.2) is 0 Å². The highest BCUT2D eigenvalue weighted by atomic mass is 16.5. The van der Waals surface area contributed by atoms with E-state index in [-0.39, 0.29) is 5.41 Å². The average molecular weight is 271 g/mol. The van der Waals surface area contributed by atoms with Gasteiger partial charge in [-0.2, -0.15) is 0 Å². The van der Waals surface area contributed by atoms with Crippen LogP contribution in [-0.4, -0.2) is 18.8 Å². The maximum atomic E-state index is 6.02. The Morgan fingerprint density at radius 1 is 1.20 bits per heavy atom. The van der Waals surface area contributed by atoms with Gasteiger partial charge in [0.25, 0.3) is 0 Å². The first-order valence-electron chi connectivity index (χ1n) is 8.13. The van der Waals surface area contributed by atoms with Crippen molar-refractivity contribution in [2.75, 3.05) is 6.61 Å². The van der Waals surface area contributed by atoms with Gasteiger partial charge in [-0.25, -0.2) is 0 Å². The van der Waals surface area contributed by atoms with Crippen LogP contribution >= 0.6 is 0 Å². The van der Waals surface area contributed by atoms with Crippen LogP contribution in [0.25, 0.3) is 0 Å². The van der Waals surface area contributed by atoms with E-state index in [0.717, 1.165) is 12.5 Å². The van der Waals surface area contributed by atoms with Crippen LogP contribution in [0.1, 0.15) is 50.3 Å². The third-order valence-electron chi connectivity index (χ3n) is 5.84. The van der Waals surface area contributed by atoms with Crippen LogP contribution in [0.4, 0.5) is 0 Å². The molecule has 1 aromatic carbocycles. The zero-order valence-electron chi connectivity index (χ0n) is 12.6. The summed E-state index contributed by atoms with van der Waals surface area (Å²) < 4.78 is 6.02. The molecule has 2 fully saturated rings. The number of hydrogen-bond donors (Lipinski definition) is 1. The molecule has 2 nitrogen and oxygen atoms in total. The molecular formula is C18H25NO.